The number of nitrogens with zero attached hydrogens (tertiary/aromatic N) is 1. The standard InChI is InChI=1S/C28H37BN2O7S/c1-18-14-21(29(34)35)15-19(2)24(18)8-7-9-26(32)30-22-10-13-25(39(36,37)23-11-12-23)20(16-22)17-31(6)27(33)38-28(3,4)5/h7-8,10,13-16,23,34-35H,9,11-12,17H2,1-6H3,(H,30,32)/b8-7+. The highest BCUT2D eigenvalue weighted by atomic mass is 32.2. The van der Waals surface area contributed by atoms with Crippen molar-refractivity contribution in [3.05, 3.63) is 58.7 Å². The predicted molar refractivity (Wildman–Crippen MR) is 152 cm³/mol. The van der Waals surface area contributed by atoms with Gasteiger partial charge in [0.05, 0.1) is 16.7 Å². The fourth-order valence-corrected chi connectivity index (χ4v) is 6.05. The van der Waals surface area contributed by atoms with E-state index in [4.69, 9.17) is 4.74 Å². The van der Waals surface area contributed by atoms with E-state index in [0.29, 0.717) is 29.6 Å². The third kappa shape index (κ3) is 8.17. The summed E-state index contributed by atoms with van der Waals surface area (Å²) in [6, 6.07) is 8.00. The number of anilines is 1. The van der Waals surface area contributed by atoms with Crippen LogP contribution in [0, 0.1) is 13.8 Å². The Bertz CT molecular complexity index is 1350. The Balaban J connectivity index is 1.77. The fraction of sp³-hybridized carbons (Fsp3) is 0.429. The van der Waals surface area contributed by atoms with Crippen molar-refractivity contribution in [2.24, 2.45) is 0 Å². The van der Waals surface area contributed by atoms with Gasteiger partial charge in [-0.05, 0) is 93.4 Å². The summed E-state index contributed by atoms with van der Waals surface area (Å²) in [7, 11) is -3.56. The average Bonchev–Trinajstić information content (AvgIpc) is 3.66. The van der Waals surface area contributed by atoms with Crippen molar-refractivity contribution >= 4 is 46.2 Å². The fourth-order valence-electron chi connectivity index (χ4n) is 4.19. The van der Waals surface area contributed by atoms with Gasteiger partial charge in [0.1, 0.15) is 5.60 Å². The van der Waals surface area contributed by atoms with Gasteiger partial charge in [-0.25, -0.2) is 13.2 Å². The number of hydrogen-bond acceptors (Lipinski definition) is 7. The Morgan fingerprint density at radius 3 is 2.28 bits per heavy atom. The normalized spacial score (nSPS) is 13.8. The van der Waals surface area contributed by atoms with Crippen LogP contribution in [0.3, 0.4) is 0 Å². The molecule has 2 aromatic carbocycles. The lowest BCUT2D eigenvalue weighted by atomic mass is 9.77. The number of benzene rings is 2. The van der Waals surface area contributed by atoms with E-state index in [1.807, 2.05) is 19.9 Å². The molecule has 3 rings (SSSR count). The average molecular weight is 556 g/mol. The van der Waals surface area contributed by atoms with Crippen molar-refractivity contribution in [2.45, 2.75) is 76.2 Å². The second-order valence-corrected chi connectivity index (χ2v) is 13.2. The van der Waals surface area contributed by atoms with E-state index >= 15 is 0 Å². The zero-order valence-corrected chi connectivity index (χ0v) is 24.1. The molecule has 39 heavy (non-hydrogen) atoms. The number of nitrogens with one attached hydrogen (secondary N) is 1. The van der Waals surface area contributed by atoms with Crippen molar-refractivity contribution in [3.8, 4) is 0 Å². The molecule has 1 fully saturated rings. The Morgan fingerprint density at radius 2 is 1.74 bits per heavy atom. The Kier molecular flexibility index (Phi) is 9.30. The van der Waals surface area contributed by atoms with Crippen LogP contribution in [0.25, 0.3) is 6.08 Å². The van der Waals surface area contributed by atoms with Crippen LogP contribution in [0.2, 0.25) is 0 Å². The molecule has 1 aliphatic carbocycles. The molecule has 0 radical (unpaired) electrons. The van der Waals surface area contributed by atoms with Crippen molar-refractivity contribution in [1.82, 2.24) is 4.90 Å². The number of aryl methyl sites for hydroxylation is 2. The lowest BCUT2D eigenvalue weighted by Gasteiger charge is -2.25. The van der Waals surface area contributed by atoms with Crippen LogP contribution in [0.4, 0.5) is 10.5 Å². The minimum Gasteiger partial charge on any atom is -0.444 e. The molecule has 0 unspecified atom stereocenters. The summed E-state index contributed by atoms with van der Waals surface area (Å²) in [5, 5.41) is 21.2. The Morgan fingerprint density at radius 1 is 1.13 bits per heavy atom. The molecule has 0 spiro atoms. The molecule has 210 valence electrons. The summed E-state index contributed by atoms with van der Waals surface area (Å²) in [5.41, 5.74) is 3.11. The maximum atomic E-state index is 13.1. The highest BCUT2D eigenvalue weighted by Crippen LogP contribution is 2.36. The van der Waals surface area contributed by atoms with Crippen LogP contribution < -0.4 is 10.8 Å². The molecule has 3 N–H and O–H groups in total. The Labute approximate surface area is 230 Å². The number of ether oxygens (including phenoxy) is 1. The van der Waals surface area contributed by atoms with Crippen molar-refractivity contribution in [1.29, 1.82) is 0 Å². The third-order valence-electron chi connectivity index (χ3n) is 6.23. The number of amides is 2. The zero-order valence-electron chi connectivity index (χ0n) is 23.3. The highest BCUT2D eigenvalue weighted by molar-refractivity contribution is 7.92. The summed E-state index contributed by atoms with van der Waals surface area (Å²) in [6.07, 6.45) is 4.23. The topological polar surface area (TPSA) is 133 Å². The molecule has 2 amide bonds. The van der Waals surface area contributed by atoms with Gasteiger partial charge >= 0.3 is 13.2 Å². The maximum Gasteiger partial charge on any atom is 0.488 e. The molecular weight excluding hydrogens is 519 g/mol. The summed E-state index contributed by atoms with van der Waals surface area (Å²) in [6.45, 7) is 8.96. The minimum atomic E-state index is -3.54. The van der Waals surface area contributed by atoms with Gasteiger partial charge in [-0.3, -0.25) is 4.79 Å². The van der Waals surface area contributed by atoms with Gasteiger partial charge in [0, 0.05) is 19.2 Å². The molecule has 0 bridgehead atoms. The molecule has 0 aromatic heterocycles. The van der Waals surface area contributed by atoms with Gasteiger partial charge in [-0.1, -0.05) is 24.3 Å². The number of carbonyl (C=O) groups is 2. The van der Waals surface area contributed by atoms with E-state index < -0.39 is 33.9 Å². The molecule has 9 nitrogen and oxygen atoms in total. The summed E-state index contributed by atoms with van der Waals surface area (Å²) in [4.78, 5) is 26.7. The molecule has 0 saturated heterocycles. The van der Waals surface area contributed by atoms with Crippen LogP contribution in [0.1, 0.15) is 62.3 Å². The number of sulfone groups is 1. The number of rotatable bonds is 9. The number of carbonyl (C=O) groups excluding carboxylic acids is 2. The molecule has 0 heterocycles. The quantitative estimate of drug-likeness (QED) is 0.404. The van der Waals surface area contributed by atoms with E-state index in [9.17, 15) is 28.1 Å². The van der Waals surface area contributed by atoms with Gasteiger partial charge in [-0.2, -0.15) is 0 Å². The lowest BCUT2D eigenvalue weighted by Crippen LogP contribution is -2.34. The van der Waals surface area contributed by atoms with Gasteiger partial charge in [0.15, 0.2) is 9.84 Å². The van der Waals surface area contributed by atoms with Crippen LogP contribution in [-0.4, -0.2) is 60.4 Å². The first-order valence-electron chi connectivity index (χ1n) is 12.8. The first-order valence-corrected chi connectivity index (χ1v) is 14.4. The monoisotopic (exact) mass is 556 g/mol. The van der Waals surface area contributed by atoms with Crippen molar-refractivity contribution in [2.75, 3.05) is 12.4 Å². The van der Waals surface area contributed by atoms with Crippen LogP contribution in [-0.2, 0) is 25.9 Å². The first kappa shape index (κ1) is 30.4. The van der Waals surface area contributed by atoms with E-state index in [1.165, 1.54) is 18.0 Å². The van der Waals surface area contributed by atoms with E-state index in [-0.39, 0.29) is 23.8 Å². The van der Waals surface area contributed by atoms with Crippen LogP contribution in [0.15, 0.2) is 41.3 Å². The first-order chi connectivity index (χ1) is 18.1. The Hall–Kier alpha value is -3.15. The minimum absolute atomic E-state index is 0.00308. The molecule has 0 aliphatic heterocycles. The largest absolute Gasteiger partial charge is 0.488 e. The molecule has 11 heteroatoms. The predicted octanol–water partition coefficient (Wildman–Crippen LogP) is 3.33. The molecule has 1 saturated carbocycles. The second kappa shape index (κ2) is 11.9. The van der Waals surface area contributed by atoms with Crippen LogP contribution >= 0.6 is 0 Å². The van der Waals surface area contributed by atoms with Crippen molar-refractivity contribution in [3.63, 3.8) is 0 Å². The third-order valence-corrected chi connectivity index (χ3v) is 8.59. The maximum absolute atomic E-state index is 13.1. The molecule has 2 aromatic rings. The SMILES string of the molecule is Cc1cc(B(O)O)cc(C)c1/C=C/CC(=O)Nc1ccc(S(=O)(=O)C2CC2)c(CN(C)C(=O)OC(C)(C)C)c1. The smallest absolute Gasteiger partial charge is 0.444 e. The van der Waals surface area contributed by atoms with E-state index in [2.05, 4.69) is 5.32 Å². The lowest BCUT2D eigenvalue weighted by molar-refractivity contribution is -0.115. The number of hydrogen-bond donors (Lipinski definition) is 3. The molecular formula is C28H37BN2O7S. The van der Waals surface area contributed by atoms with Gasteiger partial charge in [0.25, 0.3) is 0 Å². The van der Waals surface area contributed by atoms with E-state index in [0.717, 1.165) is 16.7 Å². The summed E-state index contributed by atoms with van der Waals surface area (Å²) < 4.78 is 31.5. The molecule has 0 atom stereocenters. The van der Waals surface area contributed by atoms with E-state index in [1.54, 1.807) is 51.1 Å². The second-order valence-electron chi connectivity index (χ2n) is 11.0. The van der Waals surface area contributed by atoms with Gasteiger partial charge in [0.2, 0.25) is 5.91 Å². The van der Waals surface area contributed by atoms with Gasteiger partial charge < -0.3 is 25.0 Å². The highest BCUT2D eigenvalue weighted by Gasteiger charge is 2.38. The van der Waals surface area contributed by atoms with Gasteiger partial charge in [-0.15, -0.1) is 0 Å². The summed E-state index contributed by atoms with van der Waals surface area (Å²) in [5.74, 6) is -0.298. The summed E-state index contributed by atoms with van der Waals surface area (Å²) >= 11 is 0. The zero-order chi connectivity index (χ0) is 29.1. The molecule has 1 aliphatic rings. The van der Waals surface area contributed by atoms with Crippen molar-refractivity contribution < 1.29 is 32.8 Å². The van der Waals surface area contributed by atoms with Crippen LogP contribution in [0.5, 0.6) is 0 Å².